The van der Waals surface area contributed by atoms with Gasteiger partial charge in [0.25, 0.3) is 0 Å². The Labute approximate surface area is 158 Å². The van der Waals surface area contributed by atoms with Gasteiger partial charge < -0.3 is 9.99 Å². The third-order valence-electron chi connectivity index (χ3n) is 6.83. The maximum atomic E-state index is 12.9. The Balaban J connectivity index is 1.53. The first-order chi connectivity index (χ1) is 12.5. The van der Waals surface area contributed by atoms with Crippen molar-refractivity contribution in [3.63, 3.8) is 0 Å². The molecule has 6 heteroatoms. The van der Waals surface area contributed by atoms with Gasteiger partial charge in [-0.1, -0.05) is 13.8 Å². The van der Waals surface area contributed by atoms with Gasteiger partial charge in [-0.25, -0.2) is 4.79 Å². The highest BCUT2D eigenvalue weighted by Crippen LogP contribution is 2.61. The topological polar surface area (TPSA) is 67.8 Å². The average Bonchev–Trinajstić information content (AvgIpc) is 2.62. The van der Waals surface area contributed by atoms with E-state index in [0.717, 1.165) is 23.9 Å². The quantitative estimate of drug-likeness (QED) is 0.324. The molecular formula is C20H25O5S-. The fourth-order valence-corrected chi connectivity index (χ4v) is 6.42. The number of carbonyl (C=O) groups is 1. The number of esters is 1. The number of ether oxygens (including phenoxy) is 1. The molecule has 26 heavy (non-hydrogen) atoms. The van der Waals surface area contributed by atoms with Crippen molar-refractivity contribution >= 4 is 18.0 Å². The maximum Gasteiger partial charge on any atom is 0.338 e. The van der Waals surface area contributed by atoms with Crippen LogP contribution in [-0.4, -0.2) is 11.6 Å². The molecule has 4 saturated carbocycles. The lowest BCUT2D eigenvalue weighted by Gasteiger charge is -2.61. The van der Waals surface area contributed by atoms with E-state index in [0.29, 0.717) is 28.2 Å². The first-order valence-electron chi connectivity index (χ1n) is 9.49. The summed E-state index contributed by atoms with van der Waals surface area (Å²) < 4.78 is 10.6. The van der Waals surface area contributed by atoms with Crippen molar-refractivity contribution in [3.8, 4) is 0 Å². The highest BCUT2D eigenvalue weighted by Gasteiger charge is 2.60. The van der Waals surface area contributed by atoms with E-state index in [1.807, 2.05) is 0 Å². The Morgan fingerprint density at radius 1 is 1.08 bits per heavy atom. The third kappa shape index (κ3) is 3.07. The lowest BCUT2D eigenvalue weighted by atomic mass is 9.47. The fourth-order valence-electron chi connectivity index (χ4n) is 6.07. The molecule has 0 atom stereocenters. The van der Waals surface area contributed by atoms with Gasteiger partial charge in [0.2, 0.25) is 0 Å². The summed E-state index contributed by atoms with van der Waals surface area (Å²) in [5, 5.41) is 13.2. The van der Waals surface area contributed by atoms with Crippen LogP contribution >= 0.6 is 12.0 Å². The zero-order chi connectivity index (χ0) is 18.3. The van der Waals surface area contributed by atoms with Crippen molar-refractivity contribution in [2.24, 2.45) is 29.6 Å². The van der Waals surface area contributed by atoms with Gasteiger partial charge in [-0.05, 0) is 86.0 Å². The van der Waals surface area contributed by atoms with Crippen LogP contribution in [0, 0.1) is 29.6 Å². The number of hydrogen-bond donors (Lipinski definition) is 0. The largest absolute Gasteiger partial charge is 0.691 e. The van der Waals surface area contributed by atoms with Gasteiger partial charge in [-0.2, -0.15) is 4.33 Å². The number of carbonyl (C=O) groups excluding carboxylic acids is 1. The van der Waals surface area contributed by atoms with E-state index in [9.17, 15) is 10.1 Å². The van der Waals surface area contributed by atoms with Gasteiger partial charge in [-0.15, -0.1) is 0 Å². The third-order valence-corrected chi connectivity index (χ3v) is 7.42. The summed E-state index contributed by atoms with van der Waals surface area (Å²) >= 11 is 0.812. The van der Waals surface area contributed by atoms with Gasteiger partial charge in [0.15, 0.2) is 0 Å². The highest BCUT2D eigenvalue weighted by molar-refractivity contribution is 7.94. The summed E-state index contributed by atoms with van der Waals surface area (Å²) in [5.74, 6) is 2.74. The predicted octanol–water partition coefficient (Wildman–Crippen LogP) is 3.92. The van der Waals surface area contributed by atoms with Gasteiger partial charge in [0.05, 0.1) is 17.6 Å². The molecule has 0 unspecified atom stereocenters. The molecule has 0 radical (unpaired) electrons. The molecule has 0 spiro atoms. The Hall–Kier alpha value is -1.08. The van der Waals surface area contributed by atoms with Crippen molar-refractivity contribution in [2.75, 3.05) is 0 Å². The van der Waals surface area contributed by atoms with Crippen LogP contribution in [0.2, 0.25) is 0 Å². The standard InChI is InChI=1S/C20H26O5S/c1-12(2)20(16-8-13-7-14(10-16)11-17(20)9-13)23-19(21)15-3-5-18(6-4-15)26-25-24-22/h3-6,12-14,16-17,22H,7-11H2,1-2H3/p-1. The first kappa shape index (κ1) is 18.3. The number of rotatable bonds is 6. The zero-order valence-electron chi connectivity index (χ0n) is 15.2. The molecule has 0 aliphatic heterocycles. The van der Waals surface area contributed by atoms with E-state index in [1.165, 1.54) is 32.1 Å². The number of benzene rings is 1. The van der Waals surface area contributed by atoms with Crippen molar-refractivity contribution < 1.29 is 24.2 Å². The molecule has 0 heterocycles. The molecule has 5 rings (SSSR count). The Kier molecular flexibility index (Phi) is 5.03. The summed E-state index contributed by atoms with van der Waals surface area (Å²) in [7, 11) is 0. The summed E-state index contributed by atoms with van der Waals surface area (Å²) in [6.45, 7) is 4.41. The van der Waals surface area contributed by atoms with Gasteiger partial charge in [0, 0.05) is 4.90 Å². The molecule has 0 saturated heterocycles. The van der Waals surface area contributed by atoms with E-state index >= 15 is 0 Å². The van der Waals surface area contributed by atoms with E-state index in [4.69, 9.17) is 4.74 Å². The SMILES string of the molecule is CC(C)C1(OC(=O)c2ccc(SOO[O-])cc2)C2CC3CC(C2)CC1C3. The van der Waals surface area contributed by atoms with E-state index < -0.39 is 0 Å². The van der Waals surface area contributed by atoms with Crippen LogP contribution in [0.5, 0.6) is 0 Å². The van der Waals surface area contributed by atoms with Crippen molar-refractivity contribution in [1.82, 2.24) is 0 Å². The van der Waals surface area contributed by atoms with Crippen molar-refractivity contribution in [1.29, 1.82) is 0 Å². The molecule has 0 aromatic heterocycles. The maximum absolute atomic E-state index is 12.9. The van der Waals surface area contributed by atoms with Gasteiger partial charge >= 0.3 is 5.97 Å². The molecule has 1 aromatic carbocycles. The molecule has 1 aromatic rings. The normalized spacial score (nSPS) is 35.1. The molecule has 5 nitrogen and oxygen atoms in total. The van der Waals surface area contributed by atoms with Crippen molar-refractivity contribution in [3.05, 3.63) is 29.8 Å². The van der Waals surface area contributed by atoms with Gasteiger partial charge in [-0.3, -0.25) is 5.04 Å². The minimum atomic E-state index is -0.322. The minimum absolute atomic E-state index is 0.247. The van der Waals surface area contributed by atoms with Crippen LogP contribution < -0.4 is 5.26 Å². The second kappa shape index (κ2) is 7.15. The van der Waals surface area contributed by atoms with Crippen LogP contribution in [0.25, 0.3) is 0 Å². The van der Waals surface area contributed by atoms with Crippen LogP contribution in [0.15, 0.2) is 29.2 Å². The Morgan fingerprint density at radius 3 is 2.15 bits per heavy atom. The van der Waals surface area contributed by atoms with Crippen LogP contribution in [0.3, 0.4) is 0 Å². The van der Waals surface area contributed by atoms with Crippen LogP contribution in [0.4, 0.5) is 0 Å². The Bertz CT molecular complexity index is 629. The molecule has 0 amide bonds. The lowest BCUT2D eigenvalue weighted by Crippen LogP contribution is -2.62. The lowest BCUT2D eigenvalue weighted by molar-refractivity contribution is -0.777. The highest BCUT2D eigenvalue weighted by atomic mass is 32.2. The average molecular weight is 377 g/mol. The van der Waals surface area contributed by atoms with Crippen molar-refractivity contribution in [2.45, 2.75) is 56.4 Å². The predicted molar refractivity (Wildman–Crippen MR) is 94.5 cm³/mol. The van der Waals surface area contributed by atoms with Crippen LogP contribution in [-0.2, 0) is 14.1 Å². The van der Waals surface area contributed by atoms with E-state index in [-0.39, 0.29) is 11.6 Å². The molecule has 4 aliphatic carbocycles. The number of hydrogen-bond acceptors (Lipinski definition) is 6. The van der Waals surface area contributed by atoms with Gasteiger partial charge in [0.1, 0.15) is 5.60 Å². The Morgan fingerprint density at radius 2 is 1.65 bits per heavy atom. The monoisotopic (exact) mass is 377 g/mol. The first-order valence-corrected chi connectivity index (χ1v) is 10.2. The molecular weight excluding hydrogens is 352 g/mol. The summed E-state index contributed by atoms with van der Waals surface area (Å²) in [6, 6.07) is 6.87. The van der Waals surface area contributed by atoms with Crippen LogP contribution in [0.1, 0.15) is 56.3 Å². The molecule has 4 aliphatic rings. The summed E-state index contributed by atoms with van der Waals surface area (Å²) in [5.41, 5.74) is 0.212. The smallest absolute Gasteiger partial charge is 0.338 e. The molecule has 4 fully saturated rings. The summed E-state index contributed by atoms with van der Waals surface area (Å²) in [6.07, 6.45) is 6.21. The molecule has 142 valence electrons. The molecule has 4 bridgehead atoms. The second-order valence-electron chi connectivity index (χ2n) is 8.45. The fraction of sp³-hybridized carbons (Fsp3) is 0.650. The zero-order valence-corrected chi connectivity index (χ0v) is 16.0. The summed E-state index contributed by atoms with van der Waals surface area (Å²) in [4.78, 5) is 13.6. The molecule has 0 N–H and O–H groups in total. The van der Waals surface area contributed by atoms with E-state index in [1.54, 1.807) is 24.3 Å². The second-order valence-corrected chi connectivity index (χ2v) is 9.22. The minimum Gasteiger partial charge on any atom is -0.691 e. The van der Waals surface area contributed by atoms with E-state index in [2.05, 4.69) is 23.2 Å².